The van der Waals surface area contributed by atoms with E-state index < -0.39 is 0 Å². The van der Waals surface area contributed by atoms with Gasteiger partial charge in [0.2, 0.25) is 6.79 Å². The second kappa shape index (κ2) is 7.26. The second-order valence-electron chi connectivity index (χ2n) is 5.80. The van der Waals surface area contributed by atoms with Gasteiger partial charge in [0.25, 0.3) is 5.91 Å². The number of carbonyl (C=O) groups is 1. The molecule has 0 unspecified atom stereocenters. The van der Waals surface area contributed by atoms with Gasteiger partial charge in [-0.1, -0.05) is 12.8 Å². The van der Waals surface area contributed by atoms with Crippen LogP contribution in [0.1, 0.15) is 38.2 Å². The Morgan fingerprint density at radius 3 is 2.75 bits per heavy atom. The van der Waals surface area contributed by atoms with E-state index in [0.29, 0.717) is 29.4 Å². The third-order valence-corrected chi connectivity index (χ3v) is 4.16. The summed E-state index contributed by atoms with van der Waals surface area (Å²) in [5, 5.41) is 12.3. The molecule has 1 saturated carbocycles. The number of rotatable bonds is 5. The van der Waals surface area contributed by atoms with Gasteiger partial charge < -0.3 is 19.5 Å². The molecule has 0 saturated heterocycles. The van der Waals surface area contributed by atoms with Gasteiger partial charge in [-0.25, -0.2) is 0 Å². The number of benzene rings is 1. The monoisotopic (exact) mass is 328 g/mol. The Morgan fingerprint density at radius 1 is 1.38 bits per heavy atom. The van der Waals surface area contributed by atoms with Crippen LogP contribution in [-0.2, 0) is 4.79 Å². The maximum absolute atomic E-state index is 12.3. The van der Waals surface area contributed by atoms with Gasteiger partial charge in [0.05, 0.1) is 6.61 Å². The molecule has 0 bridgehead atoms. The molecule has 1 aromatic rings. The molecular weight excluding hydrogens is 308 g/mol. The van der Waals surface area contributed by atoms with Crippen LogP contribution in [0, 0.1) is 11.3 Å². The number of hydrogen-bond acceptors (Lipinski definition) is 5. The molecule has 24 heavy (non-hydrogen) atoms. The Hall–Kier alpha value is -2.68. The Kier molecular flexibility index (Phi) is 4.90. The molecule has 3 rings (SSSR count). The van der Waals surface area contributed by atoms with Crippen molar-refractivity contribution < 1.29 is 19.0 Å². The number of hydrogen-bond donors (Lipinski definition) is 1. The number of nitrogens with zero attached hydrogens (tertiary/aromatic N) is 1. The summed E-state index contributed by atoms with van der Waals surface area (Å²) in [7, 11) is 0. The molecule has 1 N–H and O–H groups in total. The van der Waals surface area contributed by atoms with E-state index in [1.807, 2.05) is 13.0 Å². The van der Waals surface area contributed by atoms with Gasteiger partial charge in [-0.15, -0.1) is 0 Å². The van der Waals surface area contributed by atoms with Crippen LogP contribution in [0.2, 0.25) is 0 Å². The Labute approximate surface area is 141 Å². The SMILES string of the molecule is CCOc1cc2c(cc1/C=C(/C#N)C(=O)NC1CCCC1)OCO2. The molecule has 1 fully saturated rings. The van der Waals surface area contributed by atoms with E-state index in [1.54, 1.807) is 12.1 Å². The van der Waals surface area contributed by atoms with Gasteiger partial charge in [-0.2, -0.15) is 5.26 Å². The highest BCUT2D eigenvalue weighted by Crippen LogP contribution is 2.39. The van der Waals surface area contributed by atoms with Crippen LogP contribution in [0.3, 0.4) is 0 Å². The molecule has 0 aromatic heterocycles. The highest BCUT2D eigenvalue weighted by atomic mass is 16.7. The predicted molar refractivity (Wildman–Crippen MR) is 87.7 cm³/mol. The van der Waals surface area contributed by atoms with Crippen molar-refractivity contribution in [2.45, 2.75) is 38.6 Å². The quantitative estimate of drug-likeness (QED) is 0.664. The van der Waals surface area contributed by atoms with Crippen molar-refractivity contribution in [3.63, 3.8) is 0 Å². The Balaban J connectivity index is 1.86. The molecule has 1 aliphatic carbocycles. The summed E-state index contributed by atoms with van der Waals surface area (Å²) < 4.78 is 16.3. The number of amides is 1. The average molecular weight is 328 g/mol. The van der Waals surface area contributed by atoms with Crippen LogP contribution >= 0.6 is 0 Å². The molecule has 126 valence electrons. The molecule has 1 heterocycles. The lowest BCUT2D eigenvalue weighted by Crippen LogP contribution is -2.33. The van der Waals surface area contributed by atoms with Crippen LogP contribution in [0.15, 0.2) is 17.7 Å². The van der Waals surface area contributed by atoms with Crippen molar-refractivity contribution in [3.8, 4) is 23.3 Å². The third kappa shape index (κ3) is 3.46. The maximum Gasteiger partial charge on any atom is 0.262 e. The smallest absolute Gasteiger partial charge is 0.262 e. The van der Waals surface area contributed by atoms with E-state index in [1.165, 1.54) is 6.08 Å². The summed E-state index contributed by atoms with van der Waals surface area (Å²) >= 11 is 0. The normalized spacial score (nSPS) is 16.8. The van der Waals surface area contributed by atoms with Crippen molar-refractivity contribution in [1.29, 1.82) is 5.26 Å². The molecule has 0 radical (unpaired) electrons. The van der Waals surface area contributed by atoms with Crippen LogP contribution in [0.25, 0.3) is 6.08 Å². The van der Waals surface area contributed by atoms with E-state index in [9.17, 15) is 10.1 Å². The predicted octanol–water partition coefficient (Wildman–Crippen LogP) is 2.78. The van der Waals surface area contributed by atoms with Crippen molar-refractivity contribution >= 4 is 12.0 Å². The highest BCUT2D eigenvalue weighted by Gasteiger charge is 2.21. The number of nitrogens with one attached hydrogen (secondary N) is 1. The van der Waals surface area contributed by atoms with Gasteiger partial charge >= 0.3 is 0 Å². The summed E-state index contributed by atoms with van der Waals surface area (Å²) in [5.41, 5.74) is 0.681. The van der Waals surface area contributed by atoms with Crippen molar-refractivity contribution in [2.75, 3.05) is 13.4 Å². The number of nitriles is 1. The minimum atomic E-state index is -0.343. The van der Waals surface area contributed by atoms with Gasteiger partial charge in [0.15, 0.2) is 11.5 Å². The fourth-order valence-electron chi connectivity index (χ4n) is 2.97. The lowest BCUT2D eigenvalue weighted by molar-refractivity contribution is -0.117. The van der Waals surface area contributed by atoms with Gasteiger partial charge in [-0.3, -0.25) is 4.79 Å². The topological polar surface area (TPSA) is 80.6 Å². The molecule has 6 heteroatoms. The minimum absolute atomic E-state index is 0.0571. The first-order valence-corrected chi connectivity index (χ1v) is 8.20. The molecule has 1 amide bonds. The Bertz CT molecular complexity index is 700. The van der Waals surface area contributed by atoms with Crippen LogP contribution in [0.5, 0.6) is 17.2 Å². The van der Waals surface area contributed by atoms with Crippen LogP contribution in [0.4, 0.5) is 0 Å². The number of ether oxygens (including phenoxy) is 3. The van der Waals surface area contributed by atoms with Crippen LogP contribution < -0.4 is 19.5 Å². The summed E-state index contributed by atoms with van der Waals surface area (Å²) in [6.07, 6.45) is 5.72. The maximum atomic E-state index is 12.3. The van der Waals surface area contributed by atoms with E-state index in [4.69, 9.17) is 14.2 Å². The first kappa shape index (κ1) is 16.2. The molecule has 6 nitrogen and oxygen atoms in total. The first-order valence-electron chi connectivity index (χ1n) is 8.20. The van der Waals surface area contributed by atoms with Crippen molar-refractivity contribution in [1.82, 2.24) is 5.32 Å². The molecular formula is C18H20N2O4. The summed E-state index contributed by atoms with van der Waals surface area (Å²) in [4.78, 5) is 12.3. The van der Waals surface area contributed by atoms with Crippen molar-refractivity contribution in [3.05, 3.63) is 23.3 Å². The zero-order chi connectivity index (χ0) is 16.9. The van der Waals surface area contributed by atoms with E-state index in [2.05, 4.69) is 5.32 Å². The van der Waals surface area contributed by atoms with Gasteiger partial charge in [0.1, 0.15) is 17.4 Å². The summed E-state index contributed by atoms with van der Waals surface area (Å²) in [5.74, 6) is 1.40. The van der Waals surface area contributed by atoms with E-state index >= 15 is 0 Å². The minimum Gasteiger partial charge on any atom is -0.493 e. The molecule has 0 spiro atoms. The van der Waals surface area contributed by atoms with E-state index in [-0.39, 0.29) is 24.3 Å². The lowest BCUT2D eigenvalue weighted by atomic mass is 10.1. The summed E-state index contributed by atoms with van der Waals surface area (Å²) in [6, 6.07) is 5.60. The van der Waals surface area contributed by atoms with Gasteiger partial charge in [-0.05, 0) is 31.9 Å². The molecule has 1 aliphatic heterocycles. The largest absolute Gasteiger partial charge is 0.493 e. The fraction of sp³-hybridized carbons (Fsp3) is 0.444. The average Bonchev–Trinajstić information content (AvgIpc) is 3.23. The zero-order valence-corrected chi connectivity index (χ0v) is 13.6. The zero-order valence-electron chi connectivity index (χ0n) is 13.6. The van der Waals surface area contributed by atoms with Crippen molar-refractivity contribution in [2.24, 2.45) is 0 Å². The third-order valence-electron chi connectivity index (χ3n) is 4.16. The first-order chi connectivity index (χ1) is 11.7. The lowest BCUT2D eigenvalue weighted by Gasteiger charge is -2.12. The molecule has 0 atom stereocenters. The fourth-order valence-corrected chi connectivity index (χ4v) is 2.97. The standard InChI is InChI=1S/C18H20N2O4/c1-2-22-15-9-17-16(23-11-24-17)8-12(15)7-13(10-19)18(21)20-14-5-3-4-6-14/h7-9,14H,2-6,11H2,1H3,(H,20,21)/b13-7-. The highest BCUT2D eigenvalue weighted by molar-refractivity contribution is 6.02. The number of carbonyl (C=O) groups excluding carboxylic acids is 1. The Morgan fingerprint density at radius 2 is 2.08 bits per heavy atom. The molecule has 2 aliphatic rings. The van der Waals surface area contributed by atoms with Crippen LogP contribution in [-0.4, -0.2) is 25.3 Å². The van der Waals surface area contributed by atoms with Gasteiger partial charge in [0, 0.05) is 17.7 Å². The number of fused-ring (bicyclic) bond motifs is 1. The summed E-state index contributed by atoms with van der Waals surface area (Å²) in [6.45, 7) is 2.49. The molecule has 1 aromatic carbocycles. The second-order valence-corrected chi connectivity index (χ2v) is 5.80. The van der Waals surface area contributed by atoms with E-state index in [0.717, 1.165) is 25.7 Å².